The Morgan fingerprint density at radius 1 is 1.33 bits per heavy atom. The summed E-state index contributed by atoms with van der Waals surface area (Å²) in [6.07, 6.45) is 0.876. The third-order valence-corrected chi connectivity index (χ3v) is 3.17. The Morgan fingerprint density at radius 3 is 2.80 bits per heavy atom. The molecule has 0 saturated carbocycles. The molecule has 0 saturated heterocycles. The molecule has 0 aliphatic rings. The number of hydrogen-bond acceptors (Lipinski definition) is 3. The van der Waals surface area contributed by atoms with Crippen LogP contribution in [0.3, 0.4) is 0 Å². The minimum Gasteiger partial charge on any atom is -0.375 e. The van der Waals surface area contributed by atoms with Gasteiger partial charge >= 0.3 is 0 Å². The largest absolute Gasteiger partial charge is 0.375 e. The molecule has 0 spiro atoms. The number of rotatable bonds is 2. The van der Waals surface area contributed by atoms with Gasteiger partial charge < -0.3 is 5.73 Å². The van der Waals surface area contributed by atoms with Crippen molar-refractivity contribution >= 4 is 16.5 Å². The summed E-state index contributed by atoms with van der Waals surface area (Å²) < 4.78 is 0. The summed E-state index contributed by atoms with van der Waals surface area (Å²) in [5.74, 6) is 0. The fourth-order valence-electron chi connectivity index (χ4n) is 1.59. The van der Waals surface area contributed by atoms with Crippen molar-refractivity contribution < 1.29 is 0 Å². The molecule has 1 aromatic carbocycles. The summed E-state index contributed by atoms with van der Waals surface area (Å²) >= 11 is 1.50. The molecular weight excluding hydrogens is 204 g/mol. The number of aryl methyl sites for hydroxylation is 2. The number of benzene rings is 1. The molecule has 78 valence electrons. The molecule has 0 unspecified atom stereocenters. The van der Waals surface area contributed by atoms with E-state index in [-0.39, 0.29) is 0 Å². The Balaban J connectivity index is 2.27. The van der Waals surface area contributed by atoms with Crippen LogP contribution in [0.5, 0.6) is 0 Å². The Labute approximate surface area is 93.8 Å². The van der Waals surface area contributed by atoms with Gasteiger partial charge in [0.1, 0.15) is 0 Å². The smallest absolute Gasteiger partial charge is 0.180 e. The molecule has 0 radical (unpaired) electrons. The quantitative estimate of drug-likeness (QED) is 0.841. The zero-order chi connectivity index (χ0) is 10.8. The van der Waals surface area contributed by atoms with E-state index in [4.69, 9.17) is 5.73 Å². The van der Waals surface area contributed by atoms with Crippen molar-refractivity contribution in [2.45, 2.75) is 20.3 Å². The van der Waals surface area contributed by atoms with Crippen LogP contribution >= 0.6 is 11.3 Å². The molecule has 2 rings (SSSR count). The van der Waals surface area contributed by atoms with Gasteiger partial charge in [-0.3, -0.25) is 0 Å². The molecule has 1 aromatic heterocycles. The number of nitrogens with two attached hydrogens (primary N) is 1. The molecule has 0 aliphatic heterocycles. The van der Waals surface area contributed by atoms with E-state index in [0.29, 0.717) is 5.13 Å². The first-order valence-electron chi connectivity index (χ1n) is 4.91. The van der Waals surface area contributed by atoms with Gasteiger partial charge in [0, 0.05) is 11.8 Å². The molecule has 0 amide bonds. The van der Waals surface area contributed by atoms with Crippen LogP contribution in [0.15, 0.2) is 23.6 Å². The normalized spacial score (nSPS) is 10.5. The first-order valence-corrected chi connectivity index (χ1v) is 5.79. The fraction of sp³-hybridized carbons (Fsp3) is 0.250. The van der Waals surface area contributed by atoms with E-state index in [1.807, 2.05) is 5.38 Å². The third-order valence-electron chi connectivity index (χ3n) is 2.45. The minimum absolute atomic E-state index is 0.648. The third kappa shape index (κ3) is 2.36. The molecule has 2 aromatic rings. The predicted molar refractivity (Wildman–Crippen MR) is 65.2 cm³/mol. The molecule has 0 fully saturated rings. The number of hydrogen-bond donors (Lipinski definition) is 1. The van der Waals surface area contributed by atoms with Gasteiger partial charge in [-0.25, -0.2) is 4.98 Å². The van der Waals surface area contributed by atoms with E-state index in [0.717, 1.165) is 12.1 Å². The zero-order valence-corrected chi connectivity index (χ0v) is 9.77. The van der Waals surface area contributed by atoms with Crippen molar-refractivity contribution in [1.82, 2.24) is 4.98 Å². The highest BCUT2D eigenvalue weighted by Crippen LogP contribution is 2.18. The molecule has 0 bridgehead atoms. The van der Waals surface area contributed by atoms with Gasteiger partial charge in [-0.1, -0.05) is 23.8 Å². The summed E-state index contributed by atoms with van der Waals surface area (Å²) in [5, 5.41) is 2.67. The van der Waals surface area contributed by atoms with Crippen LogP contribution in [0.25, 0.3) is 0 Å². The van der Waals surface area contributed by atoms with Crippen LogP contribution < -0.4 is 5.73 Å². The van der Waals surface area contributed by atoms with Gasteiger partial charge in [-0.2, -0.15) is 0 Å². The van der Waals surface area contributed by atoms with Crippen LogP contribution in [-0.2, 0) is 6.42 Å². The molecule has 2 nitrogen and oxygen atoms in total. The first kappa shape index (κ1) is 10.2. The highest BCUT2D eigenvalue weighted by Gasteiger charge is 2.03. The number of thiazole rings is 1. The lowest BCUT2D eigenvalue weighted by atomic mass is 10.0. The second-order valence-electron chi connectivity index (χ2n) is 3.78. The highest BCUT2D eigenvalue weighted by molar-refractivity contribution is 7.13. The van der Waals surface area contributed by atoms with E-state index in [2.05, 4.69) is 37.0 Å². The van der Waals surface area contributed by atoms with Gasteiger partial charge in [0.2, 0.25) is 0 Å². The van der Waals surface area contributed by atoms with Gasteiger partial charge in [-0.15, -0.1) is 11.3 Å². The summed E-state index contributed by atoms with van der Waals surface area (Å²) in [4.78, 5) is 4.27. The van der Waals surface area contributed by atoms with Crippen LogP contribution in [-0.4, -0.2) is 4.98 Å². The van der Waals surface area contributed by atoms with Gasteiger partial charge in [0.05, 0.1) is 5.69 Å². The van der Waals surface area contributed by atoms with Gasteiger partial charge in [-0.05, 0) is 25.0 Å². The second-order valence-corrected chi connectivity index (χ2v) is 4.67. The van der Waals surface area contributed by atoms with Crippen LogP contribution in [0.1, 0.15) is 22.4 Å². The number of aromatic nitrogens is 1. The maximum Gasteiger partial charge on any atom is 0.180 e. The van der Waals surface area contributed by atoms with E-state index in [9.17, 15) is 0 Å². The molecule has 0 aliphatic carbocycles. The number of nitrogens with zero attached hydrogens (tertiary/aromatic N) is 1. The van der Waals surface area contributed by atoms with Crippen molar-refractivity contribution in [2.75, 3.05) is 5.73 Å². The molecule has 0 atom stereocenters. The standard InChI is InChI=1S/C12H14N2S/c1-8-3-4-9(2)10(5-8)6-11-7-15-12(13)14-11/h3-5,7H,6H2,1-2H3,(H2,13,14). The average Bonchev–Trinajstić information content (AvgIpc) is 2.58. The first-order chi connectivity index (χ1) is 7.15. The minimum atomic E-state index is 0.648. The maximum atomic E-state index is 5.61. The summed E-state index contributed by atoms with van der Waals surface area (Å²) in [6.45, 7) is 4.24. The van der Waals surface area contributed by atoms with Crippen molar-refractivity contribution in [3.8, 4) is 0 Å². The van der Waals surface area contributed by atoms with E-state index >= 15 is 0 Å². The lowest BCUT2D eigenvalue weighted by Crippen LogP contribution is -1.93. The van der Waals surface area contributed by atoms with Crippen molar-refractivity contribution in [2.24, 2.45) is 0 Å². The predicted octanol–water partition coefficient (Wildman–Crippen LogP) is 2.93. The van der Waals surface area contributed by atoms with Crippen molar-refractivity contribution in [1.29, 1.82) is 0 Å². The number of nitrogen functional groups attached to an aromatic ring is 1. The Hall–Kier alpha value is -1.35. The molecular formula is C12H14N2S. The lowest BCUT2D eigenvalue weighted by molar-refractivity contribution is 1.08. The Bertz CT molecular complexity index is 474. The second kappa shape index (κ2) is 4.03. The fourth-order valence-corrected chi connectivity index (χ4v) is 2.15. The average molecular weight is 218 g/mol. The SMILES string of the molecule is Cc1ccc(C)c(Cc2csc(N)n2)c1. The monoisotopic (exact) mass is 218 g/mol. The molecule has 1 heterocycles. The summed E-state index contributed by atoms with van der Waals surface area (Å²) in [6, 6.07) is 6.50. The van der Waals surface area contributed by atoms with E-state index in [1.165, 1.54) is 28.0 Å². The topological polar surface area (TPSA) is 38.9 Å². The zero-order valence-electron chi connectivity index (χ0n) is 8.95. The lowest BCUT2D eigenvalue weighted by Gasteiger charge is -2.04. The van der Waals surface area contributed by atoms with E-state index in [1.54, 1.807) is 0 Å². The summed E-state index contributed by atoms with van der Waals surface area (Å²) in [5.41, 5.74) is 10.6. The van der Waals surface area contributed by atoms with Crippen LogP contribution in [0.2, 0.25) is 0 Å². The molecule has 2 N–H and O–H groups in total. The summed E-state index contributed by atoms with van der Waals surface area (Å²) in [7, 11) is 0. The molecule has 15 heavy (non-hydrogen) atoms. The highest BCUT2D eigenvalue weighted by atomic mass is 32.1. The van der Waals surface area contributed by atoms with Crippen molar-refractivity contribution in [3.63, 3.8) is 0 Å². The van der Waals surface area contributed by atoms with Gasteiger partial charge in [0.25, 0.3) is 0 Å². The Kier molecular flexibility index (Phi) is 2.73. The molecule has 3 heteroatoms. The Morgan fingerprint density at radius 2 is 2.13 bits per heavy atom. The van der Waals surface area contributed by atoms with Gasteiger partial charge in [0.15, 0.2) is 5.13 Å². The van der Waals surface area contributed by atoms with Crippen molar-refractivity contribution in [3.05, 3.63) is 46.0 Å². The van der Waals surface area contributed by atoms with E-state index < -0.39 is 0 Å². The van der Waals surface area contributed by atoms with Crippen LogP contribution in [0.4, 0.5) is 5.13 Å². The maximum absolute atomic E-state index is 5.61. The number of anilines is 1. The van der Waals surface area contributed by atoms with Crippen LogP contribution in [0, 0.1) is 13.8 Å².